The fraction of sp³-hybridized carbons (Fsp3) is 0.786. The summed E-state index contributed by atoms with van der Waals surface area (Å²) in [6, 6.07) is 0. The van der Waals surface area contributed by atoms with E-state index in [1.54, 1.807) is 0 Å². The number of hydrogen-bond acceptors (Lipinski definition) is 3. The maximum atomic E-state index is 4.21. The van der Waals surface area contributed by atoms with Gasteiger partial charge in [-0.1, -0.05) is 26.2 Å². The Balaban J connectivity index is 1.95. The highest BCUT2D eigenvalue weighted by atomic mass is 32.1. The first-order valence-corrected chi connectivity index (χ1v) is 7.81. The second kappa shape index (κ2) is 6.50. The summed E-state index contributed by atoms with van der Waals surface area (Å²) in [4.78, 5) is 5.68. The lowest BCUT2D eigenvalue weighted by atomic mass is 9.71. The zero-order chi connectivity index (χ0) is 12.0. The summed E-state index contributed by atoms with van der Waals surface area (Å²) in [5, 5.41) is 3.64. The molecule has 2 rings (SSSR count). The van der Waals surface area contributed by atoms with Crippen molar-refractivity contribution in [2.45, 2.75) is 51.9 Å². The molecule has 2 nitrogen and oxygen atoms in total. The Morgan fingerprint density at radius 3 is 2.82 bits per heavy atom. The largest absolute Gasteiger partial charge is 0.316 e. The smallest absolute Gasteiger partial charge is 0.0794 e. The molecule has 0 saturated heterocycles. The van der Waals surface area contributed by atoms with E-state index in [2.05, 4.69) is 23.4 Å². The molecule has 1 aliphatic rings. The highest BCUT2D eigenvalue weighted by Gasteiger charge is 2.32. The van der Waals surface area contributed by atoms with Crippen molar-refractivity contribution in [3.8, 4) is 0 Å². The molecule has 1 N–H and O–H groups in total. The molecule has 96 valence electrons. The molecule has 1 aliphatic carbocycles. The number of nitrogens with zero attached hydrogens (tertiary/aromatic N) is 1. The van der Waals surface area contributed by atoms with Crippen molar-refractivity contribution >= 4 is 11.3 Å². The first-order chi connectivity index (χ1) is 8.35. The monoisotopic (exact) mass is 252 g/mol. The van der Waals surface area contributed by atoms with Crippen LogP contribution in [0.5, 0.6) is 0 Å². The molecule has 0 unspecified atom stereocenters. The van der Waals surface area contributed by atoms with Crippen LogP contribution in [0.3, 0.4) is 0 Å². The molecule has 0 atom stereocenters. The standard InChI is InChI=1S/C14H24N2S/c1-2-8-15-11-14(6-4-3-5-7-14)9-13-10-16-12-17-13/h10,12,15H,2-9,11H2,1H3. The first kappa shape index (κ1) is 13.0. The molecule has 1 aromatic heterocycles. The predicted octanol–water partition coefficient (Wildman–Crippen LogP) is 3.64. The van der Waals surface area contributed by atoms with Crippen molar-refractivity contribution in [1.29, 1.82) is 0 Å². The van der Waals surface area contributed by atoms with Crippen LogP contribution in [0.2, 0.25) is 0 Å². The van der Waals surface area contributed by atoms with Crippen molar-refractivity contribution in [3.63, 3.8) is 0 Å². The van der Waals surface area contributed by atoms with Gasteiger partial charge in [0, 0.05) is 17.6 Å². The minimum atomic E-state index is 0.514. The van der Waals surface area contributed by atoms with Crippen molar-refractivity contribution < 1.29 is 0 Å². The van der Waals surface area contributed by atoms with Gasteiger partial charge in [0.2, 0.25) is 0 Å². The third-order valence-corrected chi connectivity index (χ3v) is 4.65. The topological polar surface area (TPSA) is 24.9 Å². The number of thiazole rings is 1. The molecule has 0 aliphatic heterocycles. The van der Waals surface area contributed by atoms with Crippen LogP contribution in [0.25, 0.3) is 0 Å². The van der Waals surface area contributed by atoms with Crippen LogP contribution in [-0.2, 0) is 6.42 Å². The Morgan fingerprint density at radius 1 is 1.35 bits per heavy atom. The third kappa shape index (κ3) is 3.78. The minimum Gasteiger partial charge on any atom is -0.316 e. The van der Waals surface area contributed by atoms with Crippen LogP contribution in [0.4, 0.5) is 0 Å². The first-order valence-electron chi connectivity index (χ1n) is 6.93. The lowest BCUT2D eigenvalue weighted by molar-refractivity contribution is 0.182. The van der Waals surface area contributed by atoms with Crippen LogP contribution in [0, 0.1) is 5.41 Å². The summed E-state index contributed by atoms with van der Waals surface area (Å²) in [6.45, 7) is 4.59. The lowest BCUT2D eigenvalue weighted by Gasteiger charge is -2.37. The van der Waals surface area contributed by atoms with Crippen LogP contribution >= 0.6 is 11.3 Å². The summed E-state index contributed by atoms with van der Waals surface area (Å²) in [6.07, 6.45) is 11.5. The molecule has 0 amide bonds. The van der Waals surface area contributed by atoms with Crippen molar-refractivity contribution in [2.75, 3.05) is 13.1 Å². The van der Waals surface area contributed by atoms with E-state index in [0.29, 0.717) is 5.41 Å². The average molecular weight is 252 g/mol. The van der Waals surface area contributed by atoms with Gasteiger partial charge in [0.1, 0.15) is 0 Å². The van der Waals surface area contributed by atoms with Gasteiger partial charge >= 0.3 is 0 Å². The zero-order valence-electron chi connectivity index (χ0n) is 10.9. The number of aromatic nitrogens is 1. The quantitative estimate of drug-likeness (QED) is 0.782. The summed E-state index contributed by atoms with van der Waals surface area (Å²) < 4.78 is 0. The third-order valence-electron chi connectivity index (χ3n) is 3.87. The minimum absolute atomic E-state index is 0.514. The molecular weight excluding hydrogens is 228 g/mol. The van der Waals surface area contributed by atoms with Gasteiger partial charge in [-0.15, -0.1) is 11.3 Å². The van der Waals surface area contributed by atoms with Crippen LogP contribution in [0.1, 0.15) is 50.3 Å². The number of hydrogen-bond donors (Lipinski definition) is 1. The van der Waals surface area contributed by atoms with Gasteiger partial charge in [0.15, 0.2) is 0 Å². The highest BCUT2D eigenvalue weighted by molar-refractivity contribution is 7.09. The van der Waals surface area contributed by atoms with Gasteiger partial charge in [-0.05, 0) is 37.6 Å². The maximum absolute atomic E-state index is 4.21. The van der Waals surface area contributed by atoms with Crippen molar-refractivity contribution in [2.24, 2.45) is 5.41 Å². The van der Waals surface area contributed by atoms with Crippen molar-refractivity contribution in [1.82, 2.24) is 10.3 Å². The Bertz CT molecular complexity index is 302. The maximum Gasteiger partial charge on any atom is 0.0794 e. The lowest BCUT2D eigenvalue weighted by Crippen LogP contribution is -2.38. The molecule has 0 radical (unpaired) electrons. The summed E-state index contributed by atoms with van der Waals surface area (Å²) in [5.74, 6) is 0. The molecule has 3 heteroatoms. The van der Waals surface area contributed by atoms with E-state index in [0.717, 1.165) is 6.54 Å². The van der Waals surface area contributed by atoms with Gasteiger partial charge in [0.25, 0.3) is 0 Å². The van der Waals surface area contributed by atoms with E-state index in [9.17, 15) is 0 Å². The fourth-order valence-corrected chi connectivity index (χ4v) is 3.72. The second-order valence-corrected chi connectivity index (χ2v) is 6.35. The Kier molecular flexibility index (Phi) is 4.99. The number of rotatable bonds is 6. The average Bonchev–Trinajstić information content (AvgIpc) is 2.83. The van der Waals surface area contributed by atoms with Crippen LogP contribution < -0.4 is 5.32 Å². The molecule has 17 heavy (non-hydrogen) atoms. The van der Waals surface area contributed by atoms with Gasteiger partial charge in [0.05, 0.1) is 5.51 Å². The van der Waals surface area contributed by atoms with E-state index in [1.165, 1.54) is 56.4 Å². The second-order valence-electron chi connectivity index (χ2n) is 5.38. The Morgan fingerprint density at radius 2 is 2.18 bits per heavy atom. The molecule has 0 bridgehead atoms. The van der Waals surface area contributed by atoms with Crippen LogP contribution in [-0.4, -0.2) is 18.1 Å². The molecule has 1 aromatic rings. The molecule has 0 spiro atoms. The normalized spacial score (nSPS) is 19.4. The van der Waals surface area contributed by atoms with Crippen molar-refractivity contribution in [3.05, 3.63) is 16.6 Å². The van der Waals surface area contributed by atoms with E-state index in [4.69, 9.17) is 0 Å². The summed E-state index contributed by atoms with van der Waals surface area (Å²) in [7, 11) is 0. The van der Waals surface area contributed by atoms with E-state index < -0.39 is 0 Å². The van der Waals surface area contributed by atoms with E-state index in [-0.39, 0.29) is 0 Å². The van der Waals surface area contributed by atoms with E-state index >= 15 is 0 Å². The fourth-order valence-electron chi connectivity index (χ4n) is 2.95. The Labute approximate surface area is 109 Å². The molecule has 0 aromatic carbocycles. The summed E-state index contributed by atoms with van der Waals surface area (Å²) in [5.41, 5.74) is 2.48. The predicted molar refractivity (Wildman–Crippen MR) is 74.5 cm³/mol. The molecular formula is C14H24N2S. The number of nitrogens with one attached hydrogen (secondary N) is 1. The molecule has 1 fully saturated rings. The zero-order valence-corrected chi connectivity index (χ0v) is 11.7. The molecule has 1 heterocycles. The van der Waals surface area contributed by atoms with Gasteiger partial charge < -0.3 is 5.32 Å². The van der Waals surface area contributed by atoms with E-state index in [1.807, 2.05) is 16.8 Å². The molecule has 1 saturated carbocycles. The Hall–Kier alpha value is -0.410. The van der Waals surface area contributed by atoms with Gasteiger partial charge in [-0.3, -0.25) is 4.98 Å². The van der Waals surface area contributed by atoms with Gasteiger partial charge in [-0.25, -0.2) is 0 Å². The summed E-state index contributed by atoms with van der Waals surface area (Å²) >= 11 is 1.82. The van der Waals surface area contributed by atoms with Crippen LogP contribution in [0.15, 0.2) is 11.7 Å². The highest BCUT2D eigenvalue weighted by Crippen LogP contribution is 2.39. The SMILES string of the molecule is CCCNCC1(Cc2cncs2)CCCCC1. The van der Waals surface area contributed by atoms with Gasteiger partial charge in [-0.2, -0.15) is 0 Å².